The zero-order valence-electron chi connectivity index (χ0n) is 12.4. The topological polar surface area (TPSA) is 0 Å². The van der Waals surface area contributed by atoms with Crippen LogP contribution < -0.4 is 0 Å². The van der Waals surface area contributed by atoms with Crippen molar-refractivity contribution in [3.63, 3.8) is 0 Å². The van der Waals surface area contributed by atoms with Crippen LogP contribution in [-0.2, 0) is 5.41 Å². The molecule has 0 N–H and O–H groups in total. The summed E-state index contributed by atoms with van der Waals surface area (Å²) >= 11 is 0. The summed E-state index contributed by atoms with van der Waals surface area (Å²) in [7, 11) is 0. The second kappa shape index (κ2) is 5.47. The van der Waals surface area contributed by atoms with E-state index >= 15 is 0 Å². The van der Waals surface area contributed by atoms with Crippen LogP contribution in [0.25, 0.3) is 0 Å². The molecule has 1 fully saturated rings. The number of hydrogen-bond donors (Lipinski definition) is 0. The van der Waals surface area contributed by atoms with Gasteiger partial charge in [-0.3, -0.25) is 0 Å². The van der Waals surface area contributed by atoms with E-state index in [9.17, 15) is 0 Å². The van der Waals surface area contributed by atoms with E-state index in [4.69, 9.17) is 0 Å². The summed E-state index contributed by atoms with van der Waals surface area (Å²) in [6.45, 7) is 9.70. The molecular formula is C18H28. The van der Waals surface area contributed by atoms with Gasteiger partial charge in [0.1, 0.15) is 0 Å². The van der Waals surface area contributed by atoms with Gasteiger partial charge in [-0.05, 0) is 41.6 Å². The average Bonchev–Trinajstić information content (AvgIpc) is 2.39. The number of hydrogen-bond acceptors (Lipinski definition) is 0. The fourth-order valence-corrected chi connectivity index (χ4v) is 3.98. The zero-order chi connectivity index (χ0) is 13.2. The molecule has 2 rings (SSSR count). The lowest BCUT2D eigenvalue weighted by Crippen LogP contribution is -2.37. The Bertz CT molecular complexity index is 363. The Kier molecular flexibility index (Phi) is 4.14. The van der Waals surface area contributed by atoms with Crippen molar-refractivity contribution < 1.29 is 0 Å². The van der Waals surface area contributed by atoms with Crippen LogP contribution >= 0.6 is 0 Å². The van der Waals surface area contributed by atoms with Gasteiger partial charge in [0.2, 0.25) is 0 Å². The van der Waals surface area contributed by atoms with Crippen molar-refractivity contribution in [2.24, 2.45) is 17.8 Å². The summed E-state index contributed by atoms with van der Waals surface area (Å²) in [6, 6.07) is 11.1. The largest absolute Gasteiger partial charge is 0.0651 e. The van der Waals surface area contributed by atoms with Gasteiger partial charge in [-0.15, -0.1) is 0 Å². The molecule has 3 unspecified atom stereocenters. The average molecular weight is 244 g/mol. The van der Waals surface area contributed by atoms with Crippen LogP contribution in [0.5, 0.6) is 0 Å². The van der Waals surface area contributed by atoms with Gasteiger partial charge in [0.05, 0.1) is 0 Å². The summed E-state index contributed by atoms with van der Waals surface area (Å²) in [5.41, 5.74) is 1.84. The highest BCUT2D eigenvalue weighted by atomic mass is 14.4. The van der Waals surface area contributed by atoms with E-state index in [1.807, 2.05) is 0 Å². The van der Waals surface area contributed by atoms with Gasteiger partial charge in [-0.1, -0.05) is 70.9 Å². The maximum atomic E-state index is 2.45. The summed E-state index contributed by atoms with van der Waals surface area (Å²) in [6.07, 6.45) is 5.59. The molecule has 3 atom stereocenters. The number of rotatable bonds is 3. The minimum Gasteiger partial charge on any atom is -0.0651 e. The zero-order valence-corrected chi connectivity index (χ0v) is 12.4. The predicted octanol–water partition coefficient (Wildman–Crippen LogP) is 5.43. The third-order valence-electron chi connectivity index (χ3n) is 5.21. The van der Waals surface area contributed by atoms with E-state index in [0.29, 0.717) is 5.41 Å². The quantitative estimate of drug-likeness (QED) is 0.665. The Labute approximate surface area is 113 Å². The Morgan fingerprint density at radius 2 is 1.78 bits per heavy atom. The van der Waals surface area contributed by atoms with Crippen LogP contribution in [0.3, 0.4) is 0 Å². The van der Waals surface area contributed by atoms with E-state index in [0.717, 1.165) is 17.8 Å². The van der Waals surface area contributed by atoms with Gasteiger partial charge in [0, 0.05) is 0 Å². The molecular weight excluding hydrogens is 216 g/mol. The lowest BCUT2D eigenvalue weighted by Gasteiger charge is -2.44. The van der Waals surface area contributed by atoms with Gasteiger partial charge < -0.3 is 0 Å². The molecule has 0 aromatic heterocycles. The first-order chi connectivity index (χ1) is 8.55. The second-order valence-corrected chi connectivity index (χ2v) is 6.78. The van der Waals surface area contributed by atoms with Gasteiger partial charge in [0.15, 0.2) is 0 Å². The Morgan fingerprint density at radius 1 is 1.11 bits per heavy atom. The molecule has 0 spiro atoms. The van der Waals surface area contributed by atoms with Crippen molar-refractivity contribution in [2.75, 3.05) is 0 Å². The molecule has 1 aromatic carbocycles. The van der Waals surface area contributed by atoms with Gasteiger partial charge in [0.25, 0.3) is 0 Å². The molecule has 0 heteroatoms. The van der Waals surface area contributed by atoms with Gasteiger partial charge in [-0.2, -0.15) is 0 Å². The highest BCUT2D eigenvalue weighted by Crippen LogP contribution is 2.46. The lowest BCUT2D eigenvalue weighted by atomic mass is 9.60. The highest BCUT2D eigenvalue weighted by Gasteiger charge is 2.38. The van der Waals surface area contributed by atoms with Crippen LogP contribution in [0, 0.1) is 17.8 Å². The smallest absolute Gasteiger partial charge is 0.00727 e. The maximum Gasteiger partial charge on any atom is -0.00727 e. The van der Waals surface area contributed by atoms with E-state index in [1.54, 1.807) is 0 Å². The molecule has 1 aliphatic rings. The summed E-state index contributed by atoms with van der Waals surface area (Å²) < 4.78 is 0. The minimum absolute atomic E-state index is 0.322. The summed E-state index contributed by atoms with van der Waals surface area (Å²) in [4.78, 5) is 0. The van der Waals surface area contributed by atoms with E-state index < -0.39 is 0 Å². The number of benzene rings is 1. The van der Waals surface area contributed by atoms with E-state index in [2.05, 4.69) is 58.0 Å². The fraction of sp³-hybridized carbons (Fsp3) is 0.667. The second-order valence-electron chi connectivity index (χ2n) is 6.78. The van der Waals surface area contributed by atoms with Crippen LogP contribution in [0.1, 0.15) is 58.9 Å². The van der Waals surface area contributed by atoms with Crippen molar-refractivity contribution in [1.82, 2.24) is 0 Å². The molecule has 1 aromatic rings. The molecule has 0 nitrogen and oxygen atoms in total. The molecule has 100 valence electrons. The summed E-state index contributed by atoms with van der Waals surface area (Å²) in [5, 5.41) is 0. The molecule has 0 heterocycles. The monoisotopic (exact) mass is 244 g/mol. The van der Waals surface area contributed by atoms with E-state index in [-0.39, 0.29) is 0 Å². The van der Waals surface area contributed by atoms with Crippen molar-refractivity contribution in [3.8, 4) is 0 Å². The van der Waals surface area contributed by atoms with Crippen LogP contribution in [0.15, 0.2) is 30.3 Å². The third-order valence-corrected chi connectivity index (χ3v) is 5.21. The molecule has 18 heavy (non-hydrogen) atoms. The molecule has 0 bridgehead atoms. The van der Waals surface area contributed by atoms with Gasteiger partial charge in [-0.25, -0.2) is 0 Å². The lowest BCUT2D eigenvalue weighted by molar-refractivity contribution is 0.117. The first kappa shape index (κ1) is 13.6. The Balaban J connectivity index is 2.23. The summed E-state index contributed by atoms with van der Waals surface area (Å²) in [5.74, 6) is 2.68. The van der Waals surface area contributed by atoms with Crippen LogP contribution in [-0.4, -0.2) is 0 Å². The predicted molar refractivity (Wildman–Crippen MR) is 79.8 cm³/mol. The van der Waals surface area contributed by atoms with Crippen LogP contribution in [0.2, 0.25) is 0 Å². The Morgan fingerprint density at radius 3 is 2.39 bits per heavy atom. The van der Waals surface area contributed by atoms with E-state index in [1.165, 1.54) is 31.2 Å². The van der Waals surface area contributed by atoms with Crippen molar-refractivity contribution >= 4 is 0 Å². The standard InChI is InChI=1S/C18H28/c1-5-15-13-14(2)11-12-17(15)18(3,4)16-9-7-6-8-10-16/h6-10,14-15,17H,5,11-13H2,1-4H3. The fourth-order valence-electron chi connectivity index (χ4n) is 3.98. The first-order valence-electron chi connectivity index (χ1n) is 7.61. The minimum atomic E-state index is 0.322. The molecule has 0 radical (unpaired) electrons. The van der Waals surface area contributed by atoms with Crippen molar-refractivity contribution in [3.05, 3.63) is 35.9 Å². The highest BCUT2D eigenvalue weighted by molar-refractivity contribution is 5.25. The third kappa shape index (κ3) is 2.63. The maximum absolute atomic E-state index is 2.45. The first-order valence-corrected chi connectivity index (χ1v) is 7.61. The molecule has 0 amide bonds. The molecule has 0 aliphatic heterocycles. The van der Waals surface area contributed by atoms with Crippen LogP contribution in [0.4, 0.5) is 0 Å². The molecule has 1 saturated carbocycles. The molecule has 0 saturated heterocycles. The molecule has 1 aliphatic carbocycles. The van der Waals surface area contributed by atoms with Gasteiger partial charge >= 0.3 is 0 Å². The SMILES string of the molecule is CCC1CC(C)CCC1C(C)(C)c1ccccc1. The van der Waals surface area contributed by atoms with Crippen molar-refractivity contribution in [1.29, 1.82) is 0 Å². The Hall–Kier alpha value is -0.780. The van der Waals surface area contributed by atoms with Crippen molar-refractivity contribution in [2.45, 2.75) is 58.8 Å². The normalized spacial score (nSPS) is 29.2.